The normalized spacial score (nSPS) is 11.0. The van der Waals surface area contributed by atoms with Gasteiger partial charge in [0.2, 0.25) is 11.0 Å². The molecule has 0 aliphatic heterocycles. The molecule has 0 atom stereocenters. The molecule has 23 heavy (non-hydrogen) atoms. The number of hydrogen-bond acceptors (Lipinski definition) is 7. The van der Waals surface area contributed by atoms with Crippen molar-refractivity contribution in [3.63, 3.8) is 0 Å². The highest BCUT2D eigenvalue weighted by molar-refractivity contribution is 8.01. The SMILES string of the molecule is CCCCNc1nnc(SCC(=O)Nc2ccnn2C(C)C)s1. The smallest absolute Gasteiger partial charge is 0.235 e. The van der Waals surface area contributed by atoms with Crippen LogP contribution in [0.15, 0.2) is 16.6 Å². The van der Waals surface area contributed by atoms with Crippen molar-refractivity contribution in [3.8, 4) is 0 Å². The van der Waals surface area contributed by atoms with Gasteiger partial charge in [0.05, 0.1) is 11.9 Å². The molecule has 126 valence electrons. The van der Waals surface area contributed by atoms with Gasteiger partial charge in [-0.3, -0.25) is 4.79 Å². The van der Waals surface area contributed by atoms with Crippen LogP contribution in [-0.4, -0.2) is 38.2 Å². The van der Waals surface area contributed by atoms with E-state index < -0.39 is 0 Å². The first-order chi connectivity index (χ1) is 11.1. The number of aromatic nitrogens is 4. The summed E-state index contributed by atoms with van der Waals surface area (Å²) in [6, 6.07) is 2.00. The maximum absolute atomic E-state index is 12.0. The Labute approximate surface area is 144 Å². The Bertz CT molecular complexity index is 624. The van der Waals surface area contributed by atoms with Crippen molar-refractivity contribution in [1.29, 1.82) is 0 Å². The molecule has 0 aromatic carbocycles. The fraction of sp³-hybridized carbons (Fsp3) is 0.571. The Hall–Kier alpha value is -1.61. The quantitative estimate of drug-likeness (QED) is 0.531. The molecule has 0 saturated heterocycles. The van der Waals surface area contributed by atoms with Gasteiger partial charge in [-0.25, -0.2) is 4.68 Å². The summed E-state index contributed by atoms with van der Waals surface area (Å²) in [6.07, 6.45) is 3.93. The predicted molar refractivity (Wildman–Crippen MR) is 95.3 cm³/mol. The van der Waals surface area contributed by atoms with E-state index >= 15 is 0 Å². The number of anilines is 2. The Balaban J connectivity index is 1.79. The lowest BCUT2D eigenvalue weighted by Crippen LogP contribution is -2.18. The number of nitrogens with one attached hydrogen (secondary N) is 2. The lowest BCUT2D eigenvalue weighted by molar-refractivity contribution is -0.113. The van der Waals surface area contributed by atoms with Gasteiger partial charge in [-0.1, -0.05) is 36.4 Å². The molecule has 2 aromatic rings. The van der Waals surface area contributed by atoms with Gasteiger partial charge in [0.15, 0.2) is 4.34 Å². The van der Waals surface area contributed by atoms with Gasteiger partial charge in [-0.05, 0) is 20.3 Å². The standard InChI is InChI=1S/C14H22N6OS2/c1-4-5-7-15-13-18-19-14(23-13)22-9-12(21)17-11-6-8-16-20(11)10(2)3/h6,8,10H,4-5,7,9H2,1-3H3,(H,15,18)(H,17,21). The number of hydrogen-bond donors (Lipinski definition) is 2. The number of carbonyl (C=O) groups excluding carboxylic acids is 1. The summed E-state index contributed by atoms with van der Waals surface area (Å²) in [5.41, 5.74) is 0. The molecule has 0 radical (unpaired) electrons. The van der Waals surface area contributed by atoms with Crippen LogP contribution in [0.3, 0.4) is 0 Å². The van der Waals surface area contributed by atoms with Crippen LogP contribution in [0.5, 0.6) is 0 Å². The molecule has 0 aliphatic carbocycles. The maximum Gasteiger partial charge on any atom is 0.235 e. The second-order valence-electron chi connectivity index (χ2n) is 5.25. The molecule has 2 aromatic heterocycles. The molecular weight excluding hydrogens is 332 g/mol. The van der Waals surface area contributed by atoms with Crippen LogP contribution in [0.2, 0.25) is 0 Å². The van der Waals surface area contributed by atoms with Gasteiger partial charge in [-0.15, -0.1) is 10.2 Å². The minimum atomic E-state index is -0.0758. The Kier molecular flexibility index (Phi) is 6.85. The molecule has 0 spiro atoms. The van der Waals surface area contributed by atoms with Gasteiger partial charge in [0.1, 0.15) is 5.82 Å². The molecule has 2 heterocycles. The van der Waals surface area contributed by atoms with E-state index in [1.54, 1.807) is 16.9 Å². The monoisotopic (exact) mass is 354 g/mol. The number of unbranched alkanes of at least 4 members (excludes halogenated alkanes) is 1. The second kappa shape index (κ2) is 8.88. The van der Waals surface area contributed by atoms with Gasteiger partial charge in [-0.2, -0.15) is 5.10 Å². The van der Waals surface area contributed by atoms with E-state index in [9.17, 15) is 4.79 Å². The average Bonchev–Trinajstić information content (AvgIpc) is 3.14. The van der Waals surface area contributed by atoms with Crippen LogP contribution in [0.1, 0.15) is 39.7 Å². The van der Waals surface area contributed by atoms with E-state index in [-0.39, 0.29) is 11.9 Å². The Morgan fingerprint density at radius 2 is 2.26 bits per heavy atom. The molecule has 0 saturated carbocycles. The largest absolute Gasteiger partial charge is 0.360 e. The summed E-state index contributed by atoms with van der Waals surface area (Å²) in [7, 11) is 0. The van der Waals surface area contributed by atoms with Crippen LogP contribution in [0.4, 0.5) is 10.9 Å². The lowest BCUT2D eigenvalue weighted by atomic mass is 10.3. The van der Waals surface area contributed by atoms with Crippen molar-refractivity contribution >= 4 is 40.0 Å². The van der Waals surface area contributed by atoms with Crippen LogP contribution in [0.25, 0.3) is 0 Å². The van der Waals surface area contributed by atoms with E-state index in [0.29, 0.717) is 11.6 Å². The highest BCUT2D eigenvalue weighted by Gasteiger charge is 2.11. The van der Waals surface area contributed by atoms with E-state index in [0.717, 1.165) is 28.9 Å². The van der Waals surface area contributed by atoms with Crippen LogP contribution >= 0.6 is 23.1 Å². The molecule has 0 fully saturated rings. The molecule has 2 rings (SSSR count). The minimum absolute atomic E-state index is 0.0758. The number of rotatable bonds is 9. The van der Waals surface area contributed by atoms with Crippen LogP contribution < -0.4 is 10.6 Å². The molecule has 0 unspecified atom stereocenters. The molecule has 0 aliphatic rings. The summed E-state index contributed by atoms with van der Waals surface area (Å²) >= 11 is 2.86. The summed E-state index contributed by atoms with van der Waals surface area (Å²) in [6.45, 7) is 7.08. The third-order valence-corrected chi connectivity index (χ3v) is 4.98. The van der Waals surface area contributed by atoms with E-state index in [1.165, 1.54) is 23.1 Å². The predicted octanol–water partition coefficient (Wildman–Crippen LogP) is 3.26. The van der Waals surface area contributed by atoms with E-state index in [1.807, 2.05) is 13.8 Å². The summed E-state index contributed by atoms with van der Waals surface area (Å²) in [4.78, 5) is 12.0. The molecular formula is C14H22N6OS2. The first kappa shape index (κ1) is 17.7. The fourth-order valence-electron chi connectivity index (χ4n) is 1.84. The van der Waals surface area contributed by atoms with Gasteiger partial charge < -0.3 is 10.6 Å². The Morgan fingerprint density at radius 3 is 3.00 bits per heavy atom. The molecule has 0 bridgehead atoms. The summed E-state index contributed by atoms with van der Waals surface area (Å²) < 4.78 is 2.57. The van der Waals surface area contributed by atoms with Crippen molar-refractivity contribution in [3.05, 3.63) is 12.3 Å². The first-order valence-electron chi connectivity index (χ1n) is 7.63. The van der Waals surface area contributed by atoms with Crippen molar-refractivity contribution in [1.82, 2.24) is 20.0 Å². The zero-order valence-electron chi connectivity index (χ0n) is 13.6. The number of thioether (sulfide) groups is 1. The van der Waals surface area contributed by atoms with Crippen molar-refractivity contribution < 1.29 is 4.79 Å². The number of amides is 1. The van der Waals surface area contributed by atoms with E-state index in [4.69, 9.17) is 0 Å². The zero-order valence-corrected chi connectivity index (χ0v) is 15.2. The highest BCUT2D eigenvalue weighted by Crippen LogP contribution is 2.25. The second-order valence-corrected chi connectivity index (χ2v) is 7.45. The summed E-state index contributed by atoms with van der Waals surface area (Å²) in [5.74, 6) is 0.935. The maximum atomic E-state index is 12.0. The molecule has 1 amide bonds. The topological polar surface area (TPSA) is 84.7 Å². The van der Waals surface area contributed by atoms with Crippen molar-refractivity contribution in [2.24, 2.45) is 0 Å². The van der Waals surface area contributed by atoms with Gasteiger partial charge in [0, 0.05) is 18.7 Å². The Morgan fingerprint density at radius 1 is 1.43 bits per heavy atom. The third kappa shape index (κ3) is 5.51. The average molecular weight is 355 g/mol. The fourth-order valence-corrected chi connectivity index (χ4v) is 3.42. The molecule has 7 nitrogen and oxygen atoms in total. The molecule has 2 N–H and O–H groups in total. The summed E-state index contributed by atoms with van der Waals surface area (Å²) in [5, 5.41) is 19.2. The van der Waals surface area contributed by atoms with Crippen LogP contribution in [-0.2, 0) is 4.79 Å². The number of carbonyl (C=O) groups is 1. The minimum Gasteiger partial charge on any atom is -0.360 e. The first-order valence-corrected chi connectivity index (χ1v) is 9.44. The van der Waals surface area contributed by atoms with Crippen molar-refractivity contribution in [2.75, 3.05) is 22.9 Å². The van der Waals surface area contributed by atoms with E-state index in [2.05, 4.69) is 32.9 Å². The zero-order chi connectivity index (χ0) is 16.7. The number of nitrogens with zero attached hydrogens (tertiary/aromatic N) is 4. The highest BCUT2D eigenvalue weighted by atomic mass is 32.2. The lowest BCUT2D eigenvalue weighted by Gasteiger charge is -2.11. The van der Waals surface area contributed by atoms with Gasteiger partial charge >= 0.3 is 0 Å². The van der Waals surface area contributed by atoms with Gasteiger partial charge in [0.25, 0.3) is 0 Å². The molecule has 9 heteroatoms. The van der Waals surface area contributed by atoms with Crippen LogP contribution in [0, 0.1) is 0 Å². The van der Waals surface area contributed by atoms with Crippen molar-refractivity contribution in [2.45, 2.75) is 44.0 Å². The third-order valence-electron chi connectivity index (χ3n) is 2.97.